The molecule has 3 unspecified atom stereocenters. The lowest BCUT2D eigenvalue weighted by atomic mass is 9.68. The minimum absolute atomic E-state index is 0.145. The van der Waals surface area contributed by atoms with Crippen LogP contribution in [-0.2, 0) is 9.53 Å². The molecule has 2 fully saturated rings. The van der Waals surface area contributed by atoms with Gasteiger partial charge >= 0.3 is 0 Å². The van der Waals surface area contributed by atoms with E-state index in [2.05, 4.69) is 41.6 Å². The molecular weight excluding hydrogens is 306 g/mol. The lowest BCUT2D eigenvalue weighted by Gasteiger charge is -2.44. The zero-order valence-electron chi connectivity index (χ0n) is 12.3. The molecule has 110 valence electrons. The Balaban J connectivity index is 2.08. The smallest absolute Gasteiger partial charge is 0.226 e. The Bertz CT molecular complexity index is 332. The first kappa shape index (κ1) is 15.3. The zero-order valence-corrected chi connectivity index (χ0v) is 13.9. The number of morpholine rings is 1. The number of hydrogen-bond donors (Lipinski definition) is 0. The number of nitrogens with zero attached hydrogens (tertiary/aromatic N) is 1. The van der Waals surface area contributed by atoms with E-state index in [0.29, 0.717) is 12.5 Å². The van der Waals surface area contributed by atoms with Crippen LogP contribution < -0.4 is 0 Å². The van der Waals surface area contributed by atoms with Gasteiger partial charge < -0.3 is 9.64 Å². The molecule has 0 aromatic heterocycles. The molecule has 2 aliphatic rings. The molecule has 19 heavy (non-hydrogen) atoms. The average molecular weight is 332 g/mol. The fraction of sp³-hybridized carbons (Fsp3) is 0.933. The molecule has 1 aliphatic heterocycles. The normalized spacial score (nSPS) is 35.2. The van der Waals surface area contributed by atoms with Crippen molar-refractivity contribution in [3.8, 4) is 0 Å². The standard InChI is InChI=1S/C15H26BrNO2/c1-11-10-19-12(8-16)9-17(11)14(18)13-6-4-5-7-15(13,2)3/h11-13H,4-10H2,1-3H3. The van der Waals surface area contributed by atoms with E-state index in [-0.39, 0.29) is 23.5 Å². The summed E-state index contributed by atoms with van der Waals surface area (Å²) in [4.78, 5) is 15.0. The maximum Gasteiger partial charge on any atom is 0.226 e. The van der Waals surface area contributed by atoms with Gasteiger partial charge in [0.25, 0.3) is 0 Å². The molecule has 1 heterocycles. The van der Waals surface area contributed by atoms with Crippen LogP contribution in [0, 0.1) is 11.3 Å². The van der Waals surface area contributed by atoms with Gasteiger partial charge in [0.2, 0.25) is 5.91 Å². The number of carbonyl (C=O) groups is 1. The molecule has 0 N–H and O–H groups in total. The Morgan fingerprint density at radius 3 is 2.79 bits per heavy atom. The predicted octanol–water partition coefficient (Wildman–Crippen LogP) is 3.21. The molecule has 0 aromatic rings. The Morgan fingerprint density at radius 1 is 1.42 bits per heavy atom. The van der Waals surface area contributed by atoms with Crippen molar-refractivity contribution in [2.24, 2.45) is 11.3 Å². The molecule has 3 atom stereocenters. The van der Waals surface area contributed by atoms with Crippen molar-refractivity contribution in [2.75, 3.05) is 18.5 Å². The maximum atomic E-state index is 12.9. The van der Waals surface area contributed by atoms with E-state index in [9.17, 15) is 4.79 Å². The van der Waals surface area contributed by atoms with Gasteiger partial charge in [-0.1, -0.05) is 42.6 Å². The van der Waals surface area contributed by atoms with Crippen LogP contribution in [0.3, 0.4) is 0 Å². The Morgan fingerprint density at radius 2 is 2.16 bits per heavy atom. The Hall–Kier alpha value is -0.0900. The predicted molar refractivity (Wildman–Crippen MR) is 80.4 cm³/mol. The van der Waals surface area contributed by atoms with Crippen LogP contribution in [0.25, 0.3) is 0 Å². The van der Waals surface area contributed by atoms with E-state index < -0.39 is 0 Å². The summed E-state index contributed by atoms with van der Waals surface area (Å²) in [7, 11) is 0. The third kappa shape index (κ3) is 3.33. The Labute approximate surface area is 125 Å². The number of ether oxygens (including phenoxy) is 1. The summed E-state index contributed by atoms with van der Waals surface area (Å²) in [6, 6.07) is 0.209. The lowest BCUT2D eigenvalue weighted by molar-refractivity contribution is -0.152. The van der Waals surface area contributed by atoms with Crippen LogP contribution in [0.4, 0.5) is 0 Å². The second-order valence-electron chi connectivity index (χ2n) is 6.74. The van der Waals surface area contributed by atoms with Gasteiger partial charge in [0.1, 0.15) is 0 Å². The molecule has 1 aliphatic carbocycles. The first-order valence-electron chi connectivity index (χ1n) is 7.44. The average Bonchev–Trinajstić information content (AvgIpc) is 2.38. The highest BCUT2D eigenvalue weighted by Gasteiger charge is 2.41. The lowest BCUT2D eigenvalue weighted by Crippen LogP contribution is -2.55. The fourth-order valence-electron chi connectivity index (χ4n) is 3.37. The number of alkyl halides is 1. The van der Waals surface area contributed by atoms with Gasteiger partial charge in [0.15, 0.2) is 0 Å². The SMILES string of the molecule is CC1COC(CBr)CN1C(=O)C1CCCCC1(C)C. The van der Waals surface area contributed by atoms with Gasteiger partial charge in [-0.05, 0) is 25.2 Å². The number of amides is 1. The minimum atomic E-state index is 0.145. The van der Waals surface area contributed by atoms with Crippen molar-refractivity contribution in [3.05, 3.63) is 0 Å². The van der Waals surface area contributed by atoms with Crippen LogP contribution in [-0.4, -0.2) is 41.4 Å². The minimum Gasteiger partial charge on any atom is -0.373 e. The van der Waals surface area contributed by atoms with Crippen LogP contribution in [0.1, 0.15) is 46.5 Å². The number of hydrogen-bond acceptors (Lipinski definition) is 2. The zero-order chi connectivity index (χ0) is 14.0. The summed E-state index contributed by atoms with van der Waals surface area (Å²) in [5.41, 5.74) is 0.150. The summed E-state index contributed by atoms with van der Waals surface area (Å²) in [5.74, 6) is 0.546. The number of carbonyl (C=O) groups excluding carboxylic acids is 1. The quantitative estimate of drug-likeness (QED) is 0.727. The van der Waals surface area contributed by atoms with E-state index in [1.807, 2.05) is 0 Å². The van der Waals surface area contributed by atoms with Crippen molar-refractivity contribution in [1.82, 2.24) is 4.90 Å². The fourth-order valence-corrected chi connectivity index (χ4v) is 3.76. The molecule has 0 aromatic carbocycles. The third-order valence-electron chi connectivity index (χ3n) is 4.77. The molecule has 1 saturated heterocycles. The molecular formula is C15H26BrNO2. The maximum absolute atomic E-state index is 12.9. The highest BCUT2D eigenvalue weighted by Crippen LogP contribution is 2.41. The molecule has 1 saturated carbocycles. The molecule has 3 nitrogen and oxygen atoms in total. The largest absolute Gasteiger partial charge is 0.373 e. The van der Waals surface area contributed by atoms with Crippen molar-refractivity contribution in [3.63, 3.8) is 0 Å². The molecule has 0 radical (unpaired) electrons. The van der Waals surface area contributed by atoms with Gasteiger partial charge in [-0.15, -0.1) is 0 Å². The van der Waals surface area contributed by atoms with E-state index in [1.165, 1.54) is 19.3 Å². The molecule has 2 rings (SSSR count). The highest BCUT2D eigenvalue weighted by atomic mass is 79.9. The molecule has 4 heteroatoms. The van der Waals surface area contributed by atoms with E-state index in [0.717, 1.165) is 18.3 Å². The van der Waals surface area contributed by atoms with Gasteiger partial charge in [0, 0.05) is 17.8 Å². The van der Waals surface area contributed by atoms with Crippen molar-refractivity contribution in [2.45, 2.75) is 58.6 Å². The van der Waals surface area contributed by atoms with Crippen LogP contribution >= 0.6 is 15.9 Å². The van der Waals surface area contributed by atoms with Crippen LogP contribution in [0.2, 0.25) is 0 Å². The van der Waals surface area contributed by atoms with Crippen LogP contribution in [0.5, 0.6) is 0 Å². The van der Waals surface area contributed by atoms with Crippen molar-refractivity contribution >= 4 is 21.8 Å². The van der Waals surface area contributed by atoms with Gasteiger partial charge in [-0.2, -0.15) is 0 Å². The topological polar surface area (TPSA) is 29.5 Å². The Kier molecular flexibility index (Phi) is 4.93. The van der Waals surface area contributed by atoms with E-state index in [1.54, 1.807) is 0 Å². The first-order chi connectivity index (χ1) is 8.95. The van der Waals surface area contributed by atoms with Crippen LogP contribution in [0.15, 0.2) is 0 Å². The van der Waals surface area contributed by atoms with Crippen molar-refractivity contribution in [1.29, 1.82) is 0 Å². The third-order valence-corrected chi connectivity index (χ3v) is 5.49. The summed E-state index contributed by atoms with van der Waals surface area (Å²) in [6.07, 6.45) is 4.82. The van der Waals surface area contributed by atoms with Crippen molar-refractivity contribution < 1.29 is 9.53 Å². The molecule has 0 spiro atoms. The molecule has 0 bridgehead atoms. The number of rotatable bonds is 2. The van der Waals surface area contributed by atoms with E-state index >= 15 is 0 Å². The highest BCUT2D eigenvalue weighted by molar-refractivity contribution is 9.09. The monoisotopic (exact) mass is 331 g/mol. The second kappa shape index (κ2) is 6.13. The first-order valence-corrected chi connectivity index (χ1v) is 8.56. The molecule has 1 amide bonds. The summed E-state index contributed by atoms with van der Waals surface area (Å²) in [6.45, 7) is 7.99. The van der Waals surface area contributed by atoms with Gasteiger partial charge in [-0.3, -0.25) is 4.79 Å². The summed E-state index contributed by atoms with van der Waals surface area (Å²) < 4.78 is 5.72. The van der Waals surface area contributed by atoms with E-state index in [4.69, 9.17) is 4.74 Å². The number of halogens is 1. The second-order valence-corrected chi connectivity index (χ2v) is 7.38. The summed E-state index contributed by atoms with van der Waals surface area (Å²) >= 11 is 3.46. The van der Waals surface area contributed by atoms with Gasteiger partial charge in [-0.25, -0.2) is 0 Å². The van der Waals surface area contributed by atoms with Gasteiger partial charge in [0.05, 0.1) is 18.8 Å². The summed E-state index contributed by atoms with van der Waals surface area (Å²) in [5, 5.41) is 0.803.